The van der Waals surface area contributed by atoms with Crippen LogP contribution in [-0.4, -0.2) is 10.0 Å². The van der Waals surface area contributed by atoms with Gasteiger partial charge in [-0.15, -0.1) is 0 Å². The molecule has 0 saturated heterocycles. The Morgan fingerprint density at radius 2 is 1.50 bits per heavy atom. The first-order chi connectivity index (χ1) is 9.32. The van der Waals surface area contributed by atoms with E-state index in [4.69, 9.17) is 27.6 Å². The second-order valence-electron chi connectivity index (χ2n) is 3.54. The number of aromatic hydroxyl groups is 1. The largest absolute Gasteiger partial charge is 0.502 e. The quantitative estimate of drug-likeness (QED) is 0.505. The molecule has 5 nitrogen and oxygen atoms in total. The van der Waals surface area contributed by atoms with Crippen molar-refractivity contribution in [1.29, 1.82) is 0 Å². The van der Waals surface area contributed by atoms with Gasteiger partial charge in [0.15, 0.2) is 5.75 Å². The maximum atomic E-state index is 10.9. The molecule has 2 rings (SSSR count). The van der Waals surface area contributed by atoms with Crippen LogP contribution >= 0.6 is 28.3 Å². The standard InChI is InChI=1S/C6H5Cl2OP.C6H5NO3/c7-10(8,9)6-4-2-1-3-5-6;8-6-4-2-1-3-5(6)7(9)10/h1-5H;1-4,8H. The van der Waals surface area contributed by atoms with Gasteiger partial charge in [-0.3, -0.25) is 14.7 Å². The lowest BCUT2D eigenvalue weighted by atomic mass is 10.3. The van der Waals surface area contributed by atoms with Crippen LogP contribution in [0, 0.1) is 10.1 Å². The maximum absolute atomic E-state index is 10.9. The molecule has 0 atom stereocenters. The molecule has 8 heteroatoms. The molecule has 0 spiro atoms. The molecule has 0 saturated carbocycles. The molecule has 0 aliphatic rings. The van der Waals surface area contributed by atoms with Crippen LogP contribution < -0.4 is 5.30 Å². The van der Waals surface area contributed by atoms with Crippen molar-refractivity contribution in [2.45, 2.75) is 0 Å². The normalized spacial score (nSPS) is 10.3. The highest BCUT2D eigenvalue weighted by molar-refractivity contribution is 8.13. The fraction of sp³-hybridized carbons (Fsp3) is 0. The van der Waals surface area contributed by atoms with Crippen LogP contribution in [0.4, 0.5) is 5.69 Å². The Balaban J connectivity index is 0.000000200. The first kappa shape index (κ1) is 16.5. The minimum absolute atomic E-state index is 0.262. The molecule has 106 valence electrons. The minimum atomic E-state index is -3.07. The predicted octanol–water partition coefficient (Wildman–Crippen LogP) is 4.28. The molecule has 1 N–H and O–H groups in total. The van der Waals surface area contributed by atoms with Gasteiger partial charge >= 0.3 is 5.69 Å². The lowest BCUT2D eigenvalue weighted by Gasteiger charge is -1.98. The van der Waals surface area contributed by atoms with Gasteiger partial charge in [-0.25, -0.2) is 0 Å². The van der Waals surface area contributed by atoms with Crippen LogP contribution in [0.2, 0.25) is 0 Å². The molecule has 0 aliphatic carbocycles. The van der Waals surface area contributed by atoms with Gasteiger partial charge in [0.25, 0.3) is 5.85 Å². The van der Waals surface area contributed by atoms with Crippen LogP contribution in [0.15, 0.2) is 54.6 Å². The highest BCUT2D eigenvalue weighted by Crippen LogP contribution is 2.54. The average Bonchev–Trinajstić information content (AvgIpc) is 2.40. The Kier molecular flexibility index (Phi) is 6.02. The number of phenols is 1. The molecule has 2 aromatic rings. The molecule has 0 aromatic heterocycles. The number of hydrogen-bond donors (Lipinski definition) is 1. The molecule has 0 unspecified atom stereocenters. The van der Waals surface area contributed by atoms with E-state index in [9.17, 15) is 14.7 Å². The van der Waals surface area contributed by atoms with Gasteiger partial charge in [-0.2, -0.15) is 0 Å². The zero-order chi connectivity index (χ0) is 15.2. The van der Waals surface area contributed by atoms with Gasteiger partial charge in [0.1, 0.15) is 0 Å². The number of nitro groups is 1. The van der Waals surface area contributed by atoms with Crippen LogP contribution in [0.25, 0.3) is 0 Å². The van der Waals surface area contributed by atoms with Gasteiger partial charge < -0.3 is 5.11 Å². The van der Waals surface area contributed by atoms with Crippen LogP contribution in [0.1, 0.15) is 0 Å². The first-order valence-corrected chi connectivity index (χ1v) is 8.81. The van der Waals surface area contributed by atoms with Crippen molar-refractivity contribution in [3.05, 3.63) is 64.7 Å². The smallest absolute Gasteiger partial charge is 0.310 e. The van der Waals surface area contributed by atoms with E-state index in [1.807, 2.05) is 6.07 Å². The number of nitrogens with zero attached hydrogens (tertiary/aromatic N) is 1. The second kappa shape index (κ2) is 7.29. The first-order valence-electron chi connectivity index (χ1n) is 5.29. The maximum Gasteiger partial charge on any atom is 0.310 e. The Hall–Kier alpha value is -1.55. The Labute approximate surface area is 124 Å². The molecular weight excluding hydrogens is 324 g/mol. The lowest BCUT2D eigenvalue weighted by Crippen LogP contribution is -1.93. The molecule has 2 aromatic carbocycles. The number of halogens is 2. The zero-order valence-corrected chi connectivity index (χ0v) is 12.4. The SMILES string of the molecule is O=P(Cl)(Cl)c1ccccc1.O=[N+]([O-])c1ccccc1O. The van der Waals surface area contributed by atoms with Gasteiger partial charge in [-0.1, -0.05) is 30.3 Å². The lowest BCUT2D eigenvalue weighted by molar-refractivity contribution is -0.385. The average molecular weight is 334 g/mol. The van der Waals surface area contributed by atoms with Crippen molar-refractivity contribution < 1.29 is 14.6 Å². The number of nitro benzene ring substituents is 1. The minimum Gasteiger partial charge on any atom is -0.502 e. The van der Waals surface area contributed by atoms with E-state index < -0.39 is 10.8 Å². The third-order valence-electron chi connectivity index (χ3n) is 2.14. The van der Waals surface area contributed by atoms with Crippen LogP contribution in [-0.2, 0) is 4.57 Å². The third kappa shape index (κ3) is 5.21. The van der Waals surface area contributed by atoms with Crippen molar-refractivity contribution in [1.82, 2.24) is 0 Å². The number of para-hydroxylation sites is 2. The van der Waals surface area contributed by atoms with Gasteiger partial charge in [0, 0.05) is 11.4 Å². The van der Waals surface area contributed by atoms with Gasteiger partial charge in [-0.05, 0) is 40.7 Å². The Morgan fingerprint density at radius 3 is 1.85 bits per heavy atom. The molecule has 0 bridgehead atoms. The number of hydrogen-bond acceptors (Lipinski definition) is 4. The second-order valence-corrected chi connectivity index (χ2v) is 8.36. The van der Waals surface area contributed by atoms with Crippen molar-refractivity contribution in [2.24, 2.45) is 0 Å². The third-order valence-corrected chi connectivity index (χ3v) is 4.21. The fourth-order valence-electron chi connectivity index (χ4n) is 1.22. The molecular formula is C12H10Cl2NO4P. The van der Waals surface area contributed by atoms with E-state index in [0.717, 1.165) is 0 Å². The molecule has 0 aliphatic heterocycles. The monoisotopic (exact) mass is 333 g/mol. The highest BCUT2D eigenvalue weighted by atomic mass is 35.9. The summed E-state index contributed by atoms with van der Waals surface area (Å²) in [4.78, 5) is 9.44. The van der Waals surface area contributed by atoms with E-state index >= 15 is 0 Å². The zero-order valence-electron chi connectivity index (χ0n) is 10.0. The summed E-state index contributed by atoms with van der Waals surface area (Å²) in [7, 11) is 0. The van der Waals surface area contributed by atoms with Crippen molar-refractivity contribution in [3.8, 4) is 5.75 Å². The molecule has 20 heavy (non-hydrogen) atoms. The predicted molar refractivity (Wildman–Crippen MR) is 80.1 cm³/mol. The van der Waals surface area contributed by atoms with Crippen molar-refractivity contribution in [2.75, 3.05) is 0 Å². The van der Waals surface area contributed by atoms with Gasteiger partial charge in [0.05, 0.1) is 4.92 Å². The molecule has 0 heterocycles. The number of rotatable bonds is 2. The summed E-state index contributed by atoms with van der Waals surface area (Å²) in [6.07, 6.45) is 0. The van der Waals surface area contributed by atoms with E-state index in [-0.39, 0.29) is 11.4 Å². The summed E-state index contributed by atoms with van der Waals surface area (Å²) in [5.41, 5.74) is -0.262. The number of phenolic OH excluding ortho intramolecular Hbond substituents is 1. The number of benzene rings is 2. The summed E-state index contributed by atoms with van der Waals surface area (Å²) in [6.45, 7) is 0. The highest BCUT2D eigenvalue weighted by Gasteiger charge is 2.15. The van der Waals surface area contributed by atoms with E-state index in [1.54, 1.807) is 24.3 Å². The van der Waals surface area contributed by atoms with Crippen molar-refractivity contribution in [3.63, 3.8) is 0 Å². The Morgan fingerprint density at radius 1 is 1.00 bits per heavy atom. The molecule has 0 fully saturated rings. The topological polar surface area (TPSA) is 80.4 Å². The van der Waals surface area contributed by atoms with E-state index in [1.165, 1.54) is 24.3 Å². The van der Waals surface area contributed by atoms with Crippen LogP contribution in [0.5, 0.6) is 5.75 Å². The summed E-state index contributed by atoms with van der Waals surface area (Å²) in [6, 6.07) is 14.1. The van der Waals surface area contributed by atoms with E-state index in [2.05, 4.69) is 0 Å². The van der Waals surface area contributed by atoms with Gasteiger partial charge in [0.2, 0.25) is 0 Å². The summed E-state index contributed by atoms with van der Waals surface area (Å²) in [5.74, 6) is -3.37. The van der Waals surface area contributed by atoms with Crippen LogP contribution in [0.3, 0.4) is 0 Å². The fourth-order valence-corrected chi connectivity index (χ4v) is 2.42. The Bertz CT molecular complexity index is 630. The molecule has 0 radical (unpaired) electrons. The van der Waals surface area contributed by atoms with Crippen molar-refractivity contribution >= 4 is 39.3 Å². The van der Waals surface area contributed by atoms with E-state index in [0.29, 0.717) is 5.30 Å². The molecule has 0 amide bonds. The summed E-state index contributed by atoms with van der Waals surface area (Å²) >= 11 is 10.8. The summed E-state index contributed by atoms with van der Waals surface area (Å²) < 4.78 is 10.9. The summed E-state index contributed by atoms with van der Waals surface area (Å²) in [5, 5.41) is 19.4.